The lowest BCUT2D eigenvalue weighted by Crippen LogP contribution is -3.16. The molecule has 0 bridgehead atoms. The van der Waals surface area contributed by atoms with Crippen LogP contribution in [0.25, 0.3) is 16.7 Å². The van der Waals surface area contributed by atoms with E-state index in [0.717, 1.165) is 24.0 Å². The number of imide groups is 1. The van der Waals surface area contributed by atoms with Crippen molar-refractivity contribution in [2.45, 2.75) is 134 Å². The van der Waals surface area contributed by atoms with Crippen molar-refractivity contribution >= 4 is 28.8 Å². The van der Waals surface area contributed by atoms with Gasteiger partial charge in [0, 0.05) is 12.0 Å². The molecule has 4 atom stereocenters. The zero-order valence-corrected chi connectivity index (χ0v) is 35.1. The van der Waals surface area contributed by atoms with Crippen molar-refractivity contribution in [1.82, 2.24) is 15.0 Å². The number of aromatic nitrogens is 3. The first kappa shape index (κ1) is 42.2. The molecule has 4 unspecified atom stereocenters. The Morgan fingerprint density at radius 3 is 1.98 bits per heavy atom. The molecule has 0 saturated carbocycles. The first-order valence-electron chi connectivity index (χ1n) is 19.5. The van der Waals surface area contributed by atoms with Crippen LogP contribution in [0.1, 0.15) is 134 Å². The average molecular weight is 732 g/mol. The zero-order chi connectivity index (χ0) is 39.9. The maximum Gasteiger partial charge on any atom is 0.324 e. The highest BCUT2D eigenvalue weighted by molar-refractivity contribution is 5.93. The summed E-state index contributed by atoms with van der Waals surface area (Å²) < 4.78 is 5.66. The quantitative estimate of drug-likeness (QED) is 0.143. The van der Waals surface area contributed by atoms with Crippen molar-refractivity contribution in [3.8, 4) is 11.4 Å². The molecule has 1 aliphatic heterocycles. The molecule has 2 aromatic carbocycles. The minimum Gasteiger partial charge on any atom is -0.505 e. The first-order chi connectivity index (χ1) is 24.2. The molecule has 4 rings (SSSR count). The molecule has 1 aliphatic rings. The number of esters is 1. The summed E-state index contributed by atoms with van der Waals surface area (Å²) in [6.07, 6.45) is 3.19. The highest BCUT2D eigenvalue weighted by Gasteiger charge is 2.58. The number of quaternary nitrogens is 1. The van der Waals surface area contributed by atoms with Gasteiger partial charge in [-0.15, -0.1) is 15.0 Å². The molecule has 0 radical (unpaired) electrons. The van der Waals surface area contributed by atoms with E-state index >= 15 is 0 Å². The van der Waals surface area contributed by atoms with Gasteiger partial charge in [-0.3, -0.25) is 4.79 Å². The number of carbonyl (C=O) groups is 3. The summed E-state index contributed by atoms with van der Waals surface area (Å²) in [6, 6.07) is 11.2. The van der Waals surface area contributed by atoms with Crippen LogP contribution >= 0.6 is 0 Å². The van der Waals surface area contributed by atoms with E-state index in [1.54, 1.807) is 0 Å². The van der Waals surface area contributed by atoms with Gasteiger partial charge in [-0.1, -0.05) is 115 Å². The fourth-order valence-electron chi connectivity index (χ4n) is 8.68. The van der Waals surface area contributed by atoms with Crippen LogP contribution in [0.2, 0.25) is 0 Å². The largest absolute Gasteiger partial charge is 0.505 e. The van der Waals surface area contributed by atoms with Gasteiger partial charge >= 0.3 is 17.8 Å². The Bertz CT molecular complexity index is 1760. The maximum atomic E-state index is 14.1. The monoisotopic (exact) mass is 732 g/mol. The molecule has 53 heavy (non-hydrogen) atoms. The van der Waals surface area contributed by atoms with E-state index in [0.29, 0.717) is 34.5 Å². The van der Waals surface area contributed by atoms with Crippen molar-refractivity contribution in [1.29, 1.82) is 0 Å². The van der Waals surface area contributed by atoms with Crippen molar-refractivity contribution in [2.75, 3.05) is 13.2 Å². The fraction of sp³-hybridized carbons (Fsp3) is 0.659. The van der Waals surface area contributed by atoms with Crippen LogP contribution < -0.4 is 4.90 Å². The van der Waals surface area contributed by atoms with Crippen molar-refractivity contribution in [3.63, 3.8) is 0 Å². The molecular weight excluding hydrogens is 665 g/mol. The van der Waals surface area contributed by atoms with E-state index in [-0.39, 0.29) is 76.0 Å². The number of likely N-dealkylation sites (tertiary alicyclic amines) is 1. The number of phenols is 1. The molecule has 1 aromatic heterocycles. The van der Waals surface area contributed by atoms with Crippen LogP contribution in [0.3, 0.4) is 0 Å². The Labute approximate surface area is 318 Å². The SMILES string of the molecule is CC(C)(C)CC(C)(C)CC(CC1C(=O)[NH+](CCOC(=O)CCc2cc(-n3nc4ccccc4n3)c(O)c(C(C)(C)C)c2)C(=O)C1C(C)(C)C)C(C)(C)C. The smallest absolute Gasteiger partial charge is 0.324 e. The van der Waals surface area contributed by atoms with Crippen LogP contribution in [0.5, 0.6) is 5.75 Å². The van der Waals surface area contributed by atoms with E-state index in [1.807, 2.05) is 57.2 Å². The van der Waals surface area contributed by atoms with Crippen molar-refractivity contribution in [3.05, 3.63) is 47.5 Å². The van der Waals surface area contributed by atoms with Crippen LogP contribution in [0, 0.1) is 39.4 Å². The topological polar surface area (TPSA) is 116 Å². The number of carbonyl (C=O) groups excluding carboxylic acids is 3. The molecular formula is C44H67N4O5+. The Kier molecular flexibility index (Phi) is 12.1. The molecule has 2 N–H and O–H groups in total. The molecule has 0 aliphatic carbocycles. The lowest BCUT2D eigenvalue weighted by molar-refractivity contribution is -0.735. The minimum absolute atomic E-state index is 0.0194. The number of aromatic hydroxyl groups is 1. The second-order valence-corrected chi connectivity index (χ2v) is 20.8. The summed E-state index contributed by atoms with van der Waals surface area (Å²) in [7, 11) is 0. The number of ether oxygens (including phenoxy) is 1. The highest BCUT2D eigenvalue weighted by atomic mass is 16.5. The van der Waals surface area contributed by atoms with Gasteiger partial charge in [0.15, 0.2) is 0 Å². The Balaban J connectivity index is 1.45. The molecule has 292 valence electrons. The van der Waals surface area contributed by atoms with Crippen molar-refractivity contribution < 1.29 is 29.1 Å². The minimum atomic E-state index is -0.406. The molecule has 9 nitrogen and oxygen atoms in total. The summed E-state index contributed by atoms with van der Waals surface area (Å²) in [4.78, 5) is 42.9. The molecule has 2 amide bonds. The fourth-order valence-corrected chi connectivity index (χ4v) is 8.68. The number of amides is 2. The lowest BCUT2D eigenvalue weighted by atomic mass is 9.62. The van der Waals surface area contributed by atoms with E-state index in [2.05, 4.69) is 86.4 Å². The second-order valence-electron chi connectivity index (χ2n) is 20.8. The predicted octanol–water partition coefficient (Wildman–Crippen LogP) is 8.03. The lowest BCUT2D eigenvalue weighted by Gasteiger charge is -2.41. The summed E-state index contributed by atoms with van der Waals surface area (Å²) >= 11 is 0. The van der Waals surface area contributed by atoms with Gasteiger partial charge in [-0.05, 0) is 82.4 Å². The number of hydrogen-bond acceptors (Lipinski definition) is 7. The maximum absolute atomic E-state index is 14.1. The number of nitrogens with one attached hydrogen (secondary N) is 1. The molecule has 1 fully saturated rings. The number of benzene rings is 2. The van der Waals surface area contributed by atoms with Gasteiger partial charge in [0.25, 0.3) is 0 Å². The number of fused-ring (bicyclic) bond motifs is 1. The Morgan fingerprint density at radius 1 is 0.887 bits per heavy atom. The summed E-state index contributed by atoms with van der Waals surface area (Å²) in [5.74, 6) is -0.996. The number of aryl methyl sites for hydroxylation is 1. The van der Waals surface area contributed by atoms with Gasteiger partial charge in [0.1, 0.15) is 35.6 Å². The number of hydrogen-bond donors (Lipinski definition) is 2. The normalized spacial score (nSPS) is 19.6. The van der Waals surface area contributed by atoms with Crippen LogP contribution in [0.15, 0.2) is 36.4 Å². The van der Waals surface area contributed by atoms with Crippen molar-refractivity contribution in [2.24, 2.45) is 39.4 Å². The van der Waals surface area contributed by atoms with Crippen LogP contribution in [0.4, 0.5) is 0 Å². The molecule has 2 heterocycles. The van der Waals surface area contributed by atoms with Crippen LogP contribution in [-0.4, -0.2) is 51.0 Å². The number of phenolic OH excluding ortho intramolecular Hbond substituents is 1. The third kappa shape index (κ3) is 10.6. The molecule has 3 aromatic rings. The predicted molar refractivity (Wildman–Crippen MR) is 211 cm³/mol. The van der Waals surface area contributed by atoms with E-state index < -0.39 is 11.9 Å². The third-order valence-electron chi connectivity index (χ3n) is 10.8. The average Bonchev–Trinajstić information content (AvgIpc) is 3.52. The second kappa shape index (κ2) is 15.3. The summed E-state index contributed by atoms with van der Waals surface area (Å²) in [5.41, 5.74) is 2.91. The van der Waals surface area contributed by atoms with Crippen LogP contribution in [-0.2, 0) is 31.0 Å². The summed E-state index contributed by atoms with van der Waals surface area (Å²) in [5, 5.41) is 20.4. The Hall–Kier alpha value is -3.59. The van der Waals surface area contributed by atoms with Gasteiger partial charge in [-0.25, -0.2) is 14.5 Å². The van der Waals surface area contributed by atoms with Gasteiger partial charge in [0.05, 0.1) is 11.8 Å². The van der Waals surface area contributed by atoms with Gasteiger partial charge in [-0.2, -0.15) is 0 Å². The van der Waals surface area contributed by atoms with E-state index in [1.165, 1.54) is 4.80 Å². The highest BCUT2D eigenvalue weighted by Crippen LogP contribution is 2.47. The van der Waals surface area contributed by atoms with Gasteiger partial charge < -0.3 is 9.84 Å². The molecule has 9 heteroatoms. The van der Waals surface area contributed by atoms with E-state index in [9.17, 15) is 19.5 Å². The number of rotatable bonds is 12. The summed E-state index contributed by atoms with van der Waals surface area (Å²) in [6.45, 7) is 30.6. The number of nitrogens with zero attached hydrogens (tertiary/aromatic N) is 3. The zero-order valence-electron chi connectivity index (χ0n) is 35.1. The Morgan fingerprint density at radius 2 is 1.47 bits per heavy atom. The van der Waals surface area contributed by atoms with E-state index in [4.69, 9.17) is 4.74 Å². The third-order valence-corrected chi connectivity index (χ3v) is 10.8. The first-order valence-corrected chi connectivity index (χ1v) is 19.5. The molecule has 1 saturated heterocycles. The standard InChI is InChI=1S/C44H66N4O5/c1-40(2,3)27-44(13,14)26-29(41(4,5)6)25-30-36(43(10,11)12)39(52)47(38(30)51)21-22-53-35(49)20-19-28-23-31(42(7,8)9)37(50)34(24-28)48-45-32-17-15-16-18-33(32)46-48/h15-18,23-24,29-30,36,50H,19-22,25-27H2,1-14H3/p+1. The molecule has 0 spiro atoms. The van der Waals surface area contributed by atoms with Gasteiger partial charge in [0.2, 0.25) is 0 Å².